The predicted octanol–water partition coefficient (Wildman–Crippen LogP) is 3.70. The van der Waals surface area contributed by atoms with Gasteiger partial charge in [-0.1, -0.05) is 0 Å². The van der Waals surface area contributed by atoms with Gasteiger partial charge in [-0.15, -0.1) is 0 Å². The number of carbonyl (C=O) groups is 1. The third-order valence-electron chi connectivity index (χ3n) is 5.40. The van der Waals surface area contributed by atoms with E-state index in [2.05, 4.69) is 15.0 Å². The molecule has 4 rings (SSSR count). The van der Waals surface area contributed by atoms with Crippen LogP contribution in [0, 0.1) is 12.7 Å². The highest BCUT2D eigenvalue weighted by Crippen LogP contribution is 2.32. The van der Waals surface area contributed by atoms with Crippen LogP contribution in [0.2, 0.25) is 0 Å². The number of methoxy groups -OCH3 is 1. The molecule has 1 atom stereocenters. The number of morpholine rings is 1. The summed E-state index contributed by atoms with van der Waals surface area (Å²) in [5.74, 6) is -1.51. The second-order valence-electron chi connectivity index (χ2n) is 7.44. The van der Waals surface area contributed by atoms with Crippen LogP contribution in [0.4, 0.5) is 13.2 Å². The van der Waals surface area contributed by atoms with Crippen LogP contribution in [-0.2, 0) is 15.9 Å². The first-order valence-electron chi connectivity index (χ1n) is 9.89. The zero-order valence-corrected chi connectivity index (χ0v) is 17.1. The van der Waals surface area contributed by atoms with Gasteiger partial charge < -0.3 is 19.2 Å². The number of alkyl halides is 2. The fourth-order valence-electron chi connectivity index (χ4n) is 3.83. The maximum atomic E-state index is 14.7. The van der Waals surface area contributed by atoms with Crippen molar-refractivity contribution in [3.05, 3.63) is 58.7 Å². The summed E-state index contributed by atoms with van der Waals surface area (Å²) < 4.78 is 53.3. The Bertz CT molecular complexity index is 1120. The number of rotatable bonds is 5. The number of fused-ring (bicyclic) bond motifs is 1. The molecular formula is C22H22F3N3O3. The maximum absolute atomic E-state index is 14.7. The minimum atomic E-state index is -2.63. The van der Waals surface area contributed by atoms with Crippen LogP contribution in [0.3, 0.4) is 0 Å². The molecule has 1 N–H and O–H groups in total. The standard InChI is InChI=1S/C22H22F3N3O3/c1-12-7-16(22(29)30-2)17(23)10-15(12)20-18(9-14-11-26-4-6-31-14)28-5-3-13(21(24)25)8-19(28)27-20/h3,5,7-8,10,14,21,26H,4,6,9,11H2,1-2H3/t14-/m0/s1. The molecule has 0 saturated carbocycles. The minimum Gasteiger partial charge on any atom is -0.465 e. The fraction of sp³-hybridized carbons (Fsp3) is 0.364. The van der Waals surface area contributed by atoms with E-state index in [1.165, 1.54) is 31.4 Å². The van der Waals surface area contributed by atoms with Gasteiger partial charge in [-0.2, -0.15) is 0 Å². The van der Waals surface area contributed by atoms with Crippen molar-refractivity contribution in [3.63, 3.8) is 0 Å². The number of pyridine rings is 1. The van der Waals surface area contributed by atoms with Crippen molar-refractivity contribution in [2.24, 2.45) is 0 Å². The predicted molar refractivity (Wildman–Crippen MR) is 108 cm³/mol. The van der Waals surface area contributed by atoms with E-state index in [1.54, 1.807) is 17.5 Å². The van der Waals surface area contributed by atoms with Crippen molar-refractivity contribution >= 4 is 11.6 Å². The molecule has 1 aliphatic rings. The van der Waals surface area contributed by atoms with Crippen molar-refractivity contribution in [3.8, 4) is 11.3 Å². The SMILES string of the molecule is COC(=O)c1cc(C)c(-c2nc3cc(C(F)F)ccn3c2C[C@H]2CNCCO2)cc1F. The number of aryl methyl sites for hydroxylation is 1. The van der Waals surface area contributed by atoms with E-state index in [-0.39, 0.29) is 17.2 Å². The largest absolute Gasteiger partial charge is 0.465 e. The number of nitrogens with zero attached hydrogens (tertiary/aromatic N) is 2. The Labute approximate surface area is 177 Å². The van der Waals surface area contributed by atoms with Gasteiger partial charge in [0.2, 0.25) is 0 Å². The molecule has 1 aromatic carbocycles. The maximum Gasteiger partial charge on any atom is 0.340 e. The Morgan fingerprint density at radius 2 is 2.19 bits per heavy atom. The van der Waals surface area contributed by atoms with Crippen molar-refractivity contribution < 1.29 is 27.4 Å². The number of ether oxygens (including phenoxy) is 2. The molecule has 0 radical (unpaired) electrons. The van der Waals surface area contributed by atoms with E-state index in [9.17, 15) is 18.0 Å². The molecule has 3 heterocycles. The van der Waals surface area contributed by atoms with Crippen LogP contribution in [-0.4, -0.2) is 48.3 Å². The summed E-state index contributed by atoms with van der Waals surface area (Å²) in [6, 6.07) is 5.32. The molecule has 0 spiro atoms. The van der Waals surface area contributed by atoms with E-state index < -0.39 is 18.2 Å². The van der Waals surface area contributed by atoms with Gasteiger partial charge in [0, 0.05) is 36.8 Å². The summed E-state index contributed by atoms with van der Waals surface area (Å²) in [5, 5.41) is 3.26. The molecule has 1 aliphatic heterocycles. The fourth-order valence-corrected chi connectivity index (χ4v) is 3.83. The van der Waals surface area contributed by atoms with E-state index in [0.29, 0.717) is 42.0 Å². The van der Waals surface area contributed by atoms with Crippen LogP contribution in [0.5, 0.6) is 0 Å². The minimum absolute atomic E-state index is 0.137. The molecule has 3 aromatic rings. The molecule has 2 aromatic heterocycles. The Hall–Kier alpha value is -2.91. The molecule has 1 fully saturated rings. The molecule has 0 amide bonds. The molecule has 31 heavy (non-hydrogen) atoms. The molecule has 0 bridgehead atoms. The lowest BCUT2D eigenvalue weighted by molar-refractivity contribution is 0.0286. The molecule has 0 unspecified atom stereocenters. The summed E-state index contributed by atoms with van der Waals surface area (Å²) in [6.45, 7) is 3.69. The first kappa shape index (κ1) is 21.3. The molecular weight excluding hydrogens is 411 g/mol. The van der Waals surface area contributed by atoms with Crippen LogP contribution in [0.25, 0.3) is 16.9 Å². The van der Waals surface area contributed by atoms with Crippen molar-refractivity contribution in [1.82, 2.24) is 14.7 Å². The molecule has 164 valence electrons. The van der Waals surface area contributed by atoms with Crippen molar-refractivity contribution in [1.29, 1.82) is 0 Å². The second-order valence-corrected chi connectivity index (χ2v) is 7.44. The number of esters is 1. The Morgan fingerprint density at radius 3 is 2.87 bits per heavy atom. The van der Waals surface area contributed by atoms with Gasteiger partial charge in [-0.3, -0.25) is 0 Å². The van der Waals surface area contributed by atoms with Crippen LogP contribution in [0.15, 0.2) is 30.5 Å². The first-order chi connectivity index (χ1) is 14.9. The monoisotopic (exact) mass is 433 g/mol. The van der Waals surface area contributed by atoms with Gasteiger partial charge in [0.1, 0.15) is 11.5 Å². The number of hydrogen-bond donors (Lipinski definition) is 1. The Kier molecular flexibility index (Phi) is 5.97. The average Bonchev–Trinajstić information content (AvgIpc) is 3.12. The highest BCUT2D eigenvalue weighted by atomic mass is 19.3. The summed E-state index contributed by atoms with van der Waals surface area (Å²) in [6.07, 6.45) is -0.759. The Morgan fingerprint density at radius 1 is 1.39 bits per heavy atom. The molecule has 1 saturated heterocycles. The summed E-state index contributed by atoms with van der Waals surface area (Å²) >= 11 is 0. The number of hydrogen-bond acceptors (Lipinski definition) is 5. The van der Waals surface area contributed by atoms with Gasteiger partial charge in [0.15, 0.2) is 0 Å². The van der Waals surface area contributed by atoms with Gasteiger partial charge in [0.05, 0.1) is 36.8 Å². The number of carbonyl (C=O) groups excluding carboxylic acids is 1. The highest BCUT2D eigenvalue weighted by molar-refractivity contribution is 5.91. The number of nitrogens with one attached hydrogen (secondary N) is 1. The topological polar surface area (TPSA) is 64.9 Å². The lowest BCUT2D eigenvalue weighted by atomic mass is 9.99. The summed E-state index contributed by atoms with van der Waals surface area (Å²) in [7, 11) is 1.18. The smallest absolute Gasteiger partial charge is 0.340 e. The Balaban J connectivity index is 1.86. The zero-order valence-electron chi connectivity index (χ0n) is 17.1. The van der Waals surface area contributed by atoms with Crippen molar-refractivity contribution in [2.75, 3.05) is 26.8 Å². The van der Waals surface area contributed by atoms with Gasteiger partial charge in [0.25, 0.3) is 6.43 Å². The highest BCUT2D eigenvalue weighted by Gasteiger charge is 2.24. The normalized spacial score (nSPS) is 16.8. The van der Waals surface area contributed by atoms with Gasteiger partial charge in [-0.25, -0.2) is 22.9 Å². The lowest BCUT2D eigenvalue weighted by Gasteiger charge is -2.24. The van der Waals surface area contributed by atoms with Crippen molar-refractivity contribution in [2.45, 2.75) is 25.9 Å². The van der Waals surface area contributed by atoms with Crippen LogP contribution >= 0.6 is 0 Å². The van der Waals surface area contributed by atoms with Crippen LogP contribution < -0.4 is 5.32 Å². The number of benzene rings is 1. The quantitative estimate of drug-likeness (QED) is 0.622. The molecule has 0 aliphatic carbocycles. The third kappa shape index (κ3) is 4.15. The average molecular weight is 433 g/mol. The third-order valence-corrected chi connectivity index (χ3v) is 5.40. The van der Waals surface area contributed by atoms with E-state index >= 15 is 0 Å². The van der Waals surface area contributed by atoms with E-state index in [4.69, 9.17) is 4.74 Å². The number of aromatic nitrogens is 2. The first-order valence-corrected chi connectivity index (χ1v) is 9.89. The van der Waals surface area contributed by atoms with Crippen LogP contribution in [0.1, 0.15) is 33.6 Å². The molecule has 6 nitrogen and oxygen atoms in total. The van der Waals surface area contributed by atoms with E-state index in [0.717, 1.165) is 12.2 Å². The number of imidazole rings is 1. The summed E-state index contributed by atoms with van der Waals surface area (Å²) in [4.78, 5) is 16.4. The number of halogens is 3. The van der Waals surface area contributed by atoms with Gasteiger partial charge in [-0.05, 0) is 36.8 Å². The summed E-state index contributed by atoms with van der Waals surface area (Å²) in [5.41, 5.74) is 2.30. The zero-order chi connectivity index (χ0) is 22.1. The second kappa shape index (κ2) is 8.68. The lowest BCUT2D eigenvalue weighted by Crippen LogP contribution is -2.39. The molecule has 9 heteroatoms. The van der Waals surface area contributed by atoms with Gasteiger partial charge >= 0.3 is 5.97 Å². The van der Waals surface area contributed by atoms with E-state index in [1.807, 2.05) is 0 Å².